The molecule has 0 unspecified atom stereocenters. The number of hydrogen-bond acceptors (Lipinski definition) is 4. The van der Waals surface area contributed by atoms with E-state index in [0.29, 0.717) is 17.9 Å². The van der Waals surface area contributed by atoms with Gasteiger partial charge in [-0.05, 0) is 25.3 Å². The Morgan fingerprint density at radius 1 is 1.08 bits per heavy atom. The van der Waals surface area contributed by atoms with Gasteiger partial charge in [-0.1, -0.05) is 6.92 Å². The second-order valence-corrected chi connectivity index (χ2v) is 7.16. The molecule has 3 heterocycles. The van der Waals surface area contributed by atoms with E-state index in [0.717, 1.165) is 58.7 Å². The number of rotatable bonds is 4. The first-order chi connectivity index (χ1) is 12.1. The largest absolute Gasteiger partial charge is 0.340 e. The lowest BCUT2D eigenvalue weighted by Gasteiger charge is -2.36. The van der Waals surface area contributed by atoms with Crippen molar-refractivity contribution in [2.24, 2.45) is 13.0 Å². The molecule has 0 aromatic carbocycles. The van der Waals surface area contributed by atoms with E-state index >= 15 is 0 Å². The second-order valence-electron chi connectivity index (χ2n) is 7.16. The molecule has 7 nitrogen and oxygen atoms in total. The highest BCUT2D eigenvalue weighted by atomic mass is 16.2. The Hall–Kier alpha value is -1.89. The summed E-state index contributed by atoms with van der Waals surface area (Å²) < 4.78 is 1.65. The van der Waals surface area contributed by atoms with Gasteiger partial charge in [-0.2, -0.15) is 5.10 Å². The van der Waals surface area contributed by atoms with Crippen molar-refractivity contribution in [3.63, 3.8) is 0 Å². The molecular weight excluding hydrogens is 318 g/mol. The van der Waals surface area contributed by atoms with Crippen LogP contribution >= 0.6 is 0 Å². The third-order valence-electron chi connectivity index (χ3n) is 5.49. The molecule has 1 aromatic rings. The zero-order valence-corrected chi connectivity index (χ0v) is 15.4. The lowest BCUT2D eigenvalue weighted by molar-refractivity contribution is -0.134. The Balaban J connectivity index is 1.43. The fourth-order valence-electron chi connectivity index (χ4n) is 3.74. The van der Waals surface area contributed by atoms with E-state index in [-0.39, 0.29) is 11.8 Å². The number of carbonyl (C=O) groups excluding carboxylic acids is 2. The number of likely N-dealkylation sites (N-methyl/N-ethyl adjacent to an activating group) is 1. The number of carbonyl (C=O) groups is 2. The topological polar surface area (TPSA) is 61.7 Å². The molecule has 2 saturated heterocycles. The second kappa shape index (κ2) is 7.99. The standard InChI is InChI=1S/C18H29N5O2/c1-3-21-8-10-22(11-9-21)17(24)12-15-4-6-23(7-5-15)18(25)16-13-19-20(2)14-16/h13-15H,3-12H2,1-2H3. The van der Waals surface area contributed by atoms with Crippen LogP contribution in [0.3, 0.4) is 0 Å². The number of nitrogens with zero attached hydrogens (tertiary/aromatic N) is 5. The minimum absolute atomic E-state index is 0.0496. The van der Waals surface area contributed by atoms with Crippen molar-refractivity contribution in [1.29, 1.82) is 0 Å². The van der Waals surface area contributed by atoms with Gasteiger partial charge in [0, 0.05) is 58.9 Å². The highest BCUT2D eigenvalue weighted by Crippen LogP contribution is 2.23. The quantitative estimate of drug-likeness (QED) is 0.809. The predicted octanol–water partition coefficient (Wildman–Crippen LogP) is 0.827. The van der Waals surface area contributed by atoms with Crippen molar-refractivity contribution >= 4 is 11.8 Å². The van der Waals surface area contributed by atoms with E-state index in [1.165, 1.54) is 0 Å². The lowest BCUT2D eigenvalue weighted by atomic mass is 9.92. The summed E-state index contributed by atoms with van der Waals surface area (Å²) >= 11 is 0. The molecule has 0 spiro atoms. The maximum absolute atomic E-state index is 12.5. The average Bonchev–Trinajstić information content (AvgIpc) is 3.08. The monoisotopic (exact) mass is 347 g/mol. The summed E-state index contributed by atoms with van der Waals surface area (Å²) in [5.74, 6) is 0.732. The third kappa shape index (κ3) is 4.39. The van der Waals surface area contributed by atoms with Gasteiger partial charge in [-0.15, -0.1) is 0 Å². The van der Waals surface area contributed by atoms with Crippen LogP contribution in [0.15, 0.2) is 12.4 Å². The molecule has 0 saturated carbocycles. The van der Waals surface area contributed by atoms with Gasteiger partial charge in [0.2, 0.25) is 5.91 Å². The van der Waals surface area contributed by atoms with Crippen LogP contribution < -0.4 is 0 Å². The Morgan fingerprint density at radius 2 is 1.76 bits per heavy atom. The van der Waals surface area contributed by atoms with Crippen LogP contribution in [0, 0.1) is 5.92 Å². The molecule has 25 heavy (non-hydrogen) atoms. The summed E-state index contributed by atoms with van der Waals surface area (Å²) in [5, 5.41) is 4.07. The van der Waals surface area contributed by atoms with Crippen LogP contribution in [0.5, 0.6) is 0 Å². The molecule has 2 amide bonds. The van der Waals surface area contributed by atoms with Gasteiger partial charge in [-0.3, -0.25) is 14.3 Å². The van der Waals surface area contributed by atoms with E-state index < -0.39 is 0 Å². The number of aryl methyl sites for hydroxylation is 1. The highest BCUT2D eigenvalue weighted by molar-refractivity contribution is 5.93. The van der Waals surface area contributed by atoms with Crippen LogP contribution in [-0.4, -0.2) is 82.1 Å². The van der Waals surface area contributed by atoms with Gasteiger partial charge in [0.1, 0.15) is 0 Å². The van der Waals surface area contributed by atoms with Gasteiger partial charge in [0.25, 0.3) is 5.91 Å². The minimum Gasteiger partial charge on any atom is -0.340 e. The van der Waals surface area contributed by atoms with E-state index in [9.17, 15) is 9.59 Å². The smallest absolute Gasteiger partial charge is 0.257 e. The SMILES string of the molecule is CCN1CCN(C(=O)CC2CCN(C(=O)c3cnn(C)c3)CC2)CC1. The molecule has 0 radical (unpaired) electrons. The first-order valence-corrected chi connectivity index (χ1v) is 9.35. The van der Waals surface area contributed by atoms with Crippen LogP contribution in [0.2, 0.25) is 0 Å². The maximum Gasteiger partial charge on any atom is 0.257 e. The maximum atomic E-state index is 12.5. The van der Waals surface area contributed by atoms with Gasteiger partial charge in [0.05, 0.1) is 11.8 Å². The summed E-state index contributed by atoms with van der Waals surface area (Å²) in [4.78, 5) is 31.2. The first kappa shape index (κ1) is 17.9. The molecule has 7 heteroatoms. The normalized spacial score (nSPS) is 20.1. The summed E-state index contributed by atoms with van der Waals surface area (Å²) in [6, 6.07) is 0. The molecule has 0 atom stereocenters. The Morgan fingerprint density at radius 3 is 2.32 bits per heavy atom. The fourth-order valence-corrected chi connectivity index (χ4v) is 3.74. The predicted molar refractivity (Wildman–Crippen MR) is 95.1 cm³/mol. The number of piperidine rings is 1. The first-order valence-electron chi connectivity index (χ1n) is 9.35. The molecule has 1 aromatic heterocycles. The van der Waals surface area contributed by atoms with E-state index in [2.05, 4.69) is 16.9 Å². The zero-order valence-electron chi connectivity index (χ0n) is 15.4. The molecule has 3 rings (SSSR count). The summed E-state index contributed by atoms with van der Waals surface area (Å²) in [5.41, 5.74) is 0.644. The number of hydrogen-bond donors (Lipinski definition) is 0. The molecule has 138 valence electrons. The Kier molecular flexibility index (Phi) is 5.73. The van der Waals surface area contributed by atoms with Gasteiger partial charge in [0.15, 0.2) is 0 Å². The van der Waals surface area contributed by atoms with E-state index in [4.69, 9.17) is 0 Å². The summed E-state index contributed by atoms with van der Waals surface area (Å²) in [7, 11) is 1.81. The Bertz CT molecular complexity index is 598. The van der Waals surface area contributed by atoms with Crippen molar-refractivity contribution in [3.8, 4) is 0 Å². The third-order valence-corrected chi connectivity index (χ3v) is 5.49. The summed E-state index contributed by atoms with van der Waals surface area (Å²) in [6.07, 6.45) is 5.82. The minimum atomic E-state index is 0.0496. The number of piperazine rings is 1. The van der Waals surface area contributed by atoms with Gasteiger partial charge in [-0.25, -0.2) is 0 Å². The molecule has 0 aliphatic carbocycles. The highest BCUT2D eigenvalue weighted by Gasteiger charge is 2.28. The number of amides is 2. The summed E-state index contributed by atoms with van der Waals surface area (Å²) in [6.45, 7) is 8.37. The molecule has 0 bridgehead atoms. The van der Waals surface area contributed by atoms with Crippen molar-refractivity contribution in [2.45, 2.75) is 26.2 Å². The number of likely N-dealkylation sites (tertiary alicyclic amines) is 1. The zero-order chi connectivity index (χ0) is 17.8. The molecule has 2 fully saturated rings. The molecule has 2 aliphatic heterocycles. The fraction of sp³-hybridized carbons (Fsp3) is 0.722. The Labute approximate surface area is 149 Å². The van der Waals surface area contributed by atoms with Crippen molar-refractivity contribution in [3.05, 3.63) is 18.0 Å². The molecule has 2 aliphatic rings. The van der Waals surface area contributed by atoms with Crippen molar-refractivity contribution < 1.29 is 9.59 Å². The lowest BCUT2D eigenvalue weighted by Crippen LogP contribution is -2.49. The van der Waals surface area contributed by atoms with Gasteiger partial charge >= 0.3 is 0 Å². The van der Waals surface area contributed by atoms with Crippen molar-refractivity contribution in [1.82, 2.24) is 24.5 Å². The van der Waals surface area contributed by atoms with E-state index in [1.807, 2.05) is 16.8 Å². The van der Waals surface area contributed by atoms with Crippen LogP contribution in [0.4, 0.5) is 0 Å². The van der Waals surface area contributed by atoms with Gasteiger partial charge < -0.3 is 14.7 Å². The molecule has 0 N–H and O–H groups in total. The van der Waals surface area contributed by atoms with Crippen LogP contribution in [-0.2, 0) is 11.8 Å². The van der Waals surface area contributed by atoms with Crippen molar-refractivity contribution in [2.75, 3.05) is 45.8 Å². The van der Waals surface area contributed by atoms with Crippen LogP contribution in [0.1, 0.15) is 36.5 Å². The number of aromatic nitrogens is 2. The molecular formula is C18H29N5O2. The van der Waals surface area contributed by atoms with Crippen LogP contribution in [0.25, 0.3) is 0 Å². The average molecular weight is 347 g/mol. The van der Waals surface area contributed by atoms with E-state index in [1.54, 1.807) is 17.1 Å².